The maximum Gasteiger partial charge on any atom is 0.306 e. The third kappa shape index (κ3) is 8.94. The standard InChI is InChI=1S/C16H23Cl2N3O2.HI/c1-10(2)23-15(22)5-4-8-20-16(19)21-11(3)13-7-6-12(17)9-14(13)18;/h6-7,9-11H,4-5,8H2,1-3H3,(H3,19,20,21);1H. The van der Waals surface area contributed by atoms with Crippen LogP contribution in [-0.2, 0) is 9.53 Å². The van der Waals surface area contributed by atoms with E-state index in [-0.39, 0.29) is 42.1 Å². The fourth-order valence-electron chi connectivity index (χ4n) is 1.94. The number of nitrogens with one attached hydrogen (secondary N) is 1. The smallest absolute Gasteiger partial charge is 0.306 e. The van der Waals surface area contributed by atoms with Crippen LogP contribution in [0.3, 0.4) is 0 Å². The highest BCUT2D eigenvalue weighted by Gasteiger charge is 2.10. The lowest BCUT2D eigenvalue weighted by Crippen LogP contribution is -2.34. The van der Waals surface area contributed by atoms with Crippen molar-refractivity contribution in [2.45, 2.75) is 45.8 Å². The van der Waals surface area contributed by atoms with E-state index >= 15 is 0 Å². The quantitative estimate of drug-likeness (QED) is 0.197. The molecule has 0 fully saturated rings. The molecular formula is C16H24Cl2IN3O2. The number of esters is 1. The number of hydrogen-bond acceptors (Lipinski definition) is 3. The number of nitrogens with two attached hydrogens (primary N) is 1. The zero-order valence-electron chi connectivity index (χ0n) is 14.0. The Morgan fingerprint density at radius 3 is 2.58 bits per heavy atom. The third-order valence-electron chi connectivity index (χ3n) is 2.98. The highest BCUT2D eigenvalue weighted by Crippen LogP contribution is 2.25. The molecule has 0 heterocycles. The molecule has 1 atom stereocenters. The fraction of sp³-hybridized carbons (Fsp3) is 0.500. The topological polar surface area (TPSA) is 76.7 Å². The second-order valence-electron chi connectivity index (χ2n) is 5.44. The number of halogens is 3. The van der Waals surface area contributed by atoms with Crippen LogP contribution in [0.4, 0.5) is 0 Å². The Balaban J connectivity index is 0.00000529. The normalized spacial score (nSPS) is 12.5. The molecule has 1 aromatic rings. The van der Waals surface area contributed by atoms with Gasteiger partial charge in [-0.2, -0.15) is 0 Å². The van der Waals surface area contributed by atoms with E-state index in [4.69, 9.17) is 33.7 Å². The molecule has 1 unspecified atom stereocenters. The van der Waals surface area contributed by atoms with Crippen molar-refractivity contribution in [1.29, 1.82) is 0 Å². The Bertz CT molecular complexity index is 568. The number of nitrogens with zero attached hydrogens (tertiary/aromatic N) is 1. The molecule has 5 nitrogen and oxygen atoms in total. The first kappa shape index (κ1) is 23.3. The van der Waals surface area contributed by atoms with Gasteiger partial charge >= 0.3 is 5.97 Å². The summed E-state index contributed by atoms with van der Waals surface area (Å²) in [5.74, 6) is 0.0868. The number of benzene rings is 1. The van der Waals surface area contributed by atoms with Crippen molar-refractivity contribution in [2.24, 2.45) is 10.7 Å². The summed E-state index contributed by atoms with van der Waals surface area (Å²) in [6.07, 6.45) is 0.820. The zero-order valence-corrected chi connectivity index (χ0v) is 17.9. The van der Waals surface area contributed by atoms with Crippen LogP contribution >= 0.6 is 47.2 Å². The van der Waals surface area contributed by atoms with Gasteiger partial charge in [-0.3, -0.25) is 9.79 Å². The average molecular weight is 488 g/mol. The van der Waals surface area contributed by atoms with Crippen molar-refractivity contribution >= 4 is 59.1 Å². The Morgan fingerprint density at radius 1 is 1.33 bits per heavy atom. The minimum atomic E-state index is -0.219. The van der Waals surface area contributed by atoms with Crippen molar-refractivity contribution in [3.63, 3.8) is 0 Å². The number of guanidine groups is 1. The van der Waals surface area contributed by atoms with Crippen molar-refractivity contribution in [2.75, 3.05) is 6.54 Å². The van der Waals surface area contributed by atoms with Crippen LogP contribution < -0.4 is 11.1 Å². The van der Waals surface area contributed by atoms with Crippen LogP contribution in [0, 0.1) is 0 Å². The fourth-order valence-corrected chi connectivity index (χ4v) is 2.51. The third-order valence-corrected chi connectivity index (χ3v) is 3.54. The van der Waals surface area contributed by atoms with Gasteiger partial charge in [0, 0.05) is 23.0 Å². The van der Waals surface area contributed by atoms with Gasteiger partial charge in [-0.15, -0.1) is 24.0 Å². The minimum absolute atomic E-state index is 0. The van der Waals surface area contributed by atoms with E-state index in [0.717, 1.165) is 5.56 Å². The van der Waals surface area contributed by atoms with Crippen molar-refractivity contribution in [3.05, 3.63) is 33.8 Å². The molecule has 24 heavy (non-hydrogen) atoms. The van der Waals surface area contributed by atoms with Gasteiger partial charge in [0.1, 0.15) is 0 Å². The van der Waals surface area contributed by atoms with Gasteiger partial charge in [-0.1, -0.05) is 29.3 Å². The van der Waals surface area contributed by atoms with Crippen LogP contribution in [0.1, 0.15) is 45.2 Å². The summed E-state index contributed by atoms with van der Waals surface area (Å²) in [5.41, 5.74) is 6.73. The van der Waals surface area contributed by atoms with E-state index in [1.54, 1.807) is 12.1 Å². The van der Waals surface area contributed by atoms with Gasteiger partial charge in [0.2, 0.25) is 0 Å². The van der Waals surface area contributed by atoms with Crippen molar-refractivity contribution in [3.8, 4) is 0 Å². The Hall–Kier alpha value is -0.730. The van der Waals surface area contributed by atoms with E-state index in [0.29, 0.717) is 35.4 Å². The lowest BCUT2D eigenvalue weighted by atomic mass is 10.1. The lowest BCUT2D eigenvalue weighted by molar-refractivity contribution is -0.147. The number of carbonyl (C=O) groups is 1. The predicted octanol–water partition coefficient (Wildman–Crippen LogP) is 4.31. The minimum Gasteiger partial charge on any atom is -0.463 e. The molecular weight excluding hydrogens is 464 g/mol. The molecule has 0 amide bonds. The molecule has 1 aromatic carbocycles. The Kier molecular flexibility index (Phi) is 11.4. The molecule has 8 heteroatoms. The monoisotopic (exact) mass is 487 g/mol. The highest BCUT2D eigenvalue weighted by molar-refractivity contribution is 14.0. The maximum atomic E-state index is 11.4. The van der Waals surface area contributed by atoms with Crippen molar-refractivity contribution in [1.82, 2.24) is 5.32 Å². The van der Waals surface area contributed by atoms with Crippen LogP contribution in [0.15, 0.2) is 23.2 Å². The number of aliphatic imine (C=N–C) groups is 1. The van der Waals surface area contributed by atoms with Gasteiger partial charge in [0.15, 0.2) is 5.96 Å². The first-order valence-electron chi connectivity index (χ1n) is 7.50. The lowest BCUT2D eigenvalue weighted by Gasteiger charge is -2.16. The van der Waals surface area contributed by atoms with E-state index in [9.17, 15) is 4.79 Å². The van der Waals surface area contributed by atoms with Gasteiger partial charge in [0.25, 0.3) is 0 Å². The maximum absolute atomic E-state index is 11.4. The van der Waals surface area contributed by atoms with Gasteiger partial charge < -0.3 is 15.8 Å². The average Bonchev–Trinajstić information content (AvgIpc) is 2.42. The number of carbonyl (C=O) groups excluding carboxylic acids is 1. The summed E-state index contributed by atoms with van der Waals surface area (Å²) >= 11 is 12.0. The molecule has 0 aliphatic heterocycles. The second-order valence-corrected chi connectivity index (χ2v) is 6.28. The van der Waals surface area contributed by atoms with Gasteiger partial charge in [0.05, 0.1) is 12.1 Å². The van der Waals surface area contributed by atoms with E-state index in [1.165, 1.54) is 0 Å². The Labute approximate surface area is 170 Å². The summed E-state index contributed by atoms with van der Waals surface area (Å²) in [6, 6.07) is 5.20. The van der Waals surface area contributed by atoms with Crippen LogP contribution in [0.5, 0.6) is 0 Å². The van der Waals surface area contributed by atoms with E-state index in [2.05, 4.69) is 10.3 Å². The molecule has 0 saturated carbocycles. The van der Waals surface area contributed by atoms with Crippen molar-refractivity contribution < 1.29 is 9.53 Å². The molecule has 0 radical (unpaired) electrons. The largest absolute Gasteiger partial charge is 0.463 e. The number of ether oxygens (including phenoxy) is 1. The molecule has 0 spiro atoms. The summed E-state index contributed by atoms with van der Waals surface area (Å²) in [6.45, 7) is 6.02. The summed E-state index contributed by atoms with van der Waals surface area (Å²) < 4.78 is 5.04. The molecule has 3 N–H and O–H groups in total. The summed E-state index contributed by atoms with van der Waals surface area (Å²) in [5, 5.41) is 4.22. The number of rotatable bonds is 7. The van der Waals surface area contributed by atoms with Crippen LogP contribution in [0.2, 0.25) is 10.0 Å². The zero-order chi connectivity index (χ0) is 17.4. The highest BCUT2D eigenvalue weighted by atomic mass is 127. The summed E-state index contributed by atoms with van der Waals surface area (Å²) in [7, 11) is 0. The Morgan fingerprint density at radius 2 is 2.00 bits per heavy atom. The molecule has 0 saturated heterocycles. The molecule has 136 valence electrons. The van der Waals surface area contributed by atoms with Gasteiger partial charge in [-0.25, -0.2) is 0 Å². The molecule has 0 bridgehead atoms. The van der Waals surface area contributed by atoms with Crippen LogP contribution in [-0.4, -0.2) is 24.6 Å². The first-order chi connectivity index (χ1) is 10.8. The second kappa shape index (κ2) is 11.8. The molecule has 0 aliphatic rings. The first-order valence-corrected chi connectivity index (χ1v) is 8.26. The summed E-state index contributed by atoms with van der Waals surface area (Å²) in [4.78, 5) is 15.6. The SMILES string of the molecule is CC(C)OC(=O)CCCN=C(N)NC(C)c1ccc(Cl)cc1Cl.I. The van der Waals surface area contributed by atoms with Gasteiger partial charge in [-0.05, 0) is 44.9 Å². The van der Waals surface area contributed by atoms with E-state index < -0.39 is 0 Å². The molecule has 0 aromatic heterocycles. The van der Waals surface area contributed by atoms with Crippen LogP contribution in [0.25, 0.3) is 0 Å². The van der Waals surface area contributed by atoms with E-state index in [1.807, 2.05) is 26.8 Å². The molecule has 0 aliphatic carbocycles. The molecule has 1 rings (SSSR count). The number of hydrogen-bond donors (Lipinski definition) is 2. The predicted molar refractivity (Wildman–Crippen MR) is 110 cm³/mol.